The number of benzene rings is 1. The van der Waals surface area contributed by atoms with Gasteiger partial charge in [-0.15, -0.1) is 0 Å². The van der Waals surface area contributed by atoms with Gasteiger partial charge in [-0.2, -0.15) is 5.10 Å². The maximum Gasteiger partial charge on any atom is 0.251 e. The number of piperazine rings is 1. The highest BCUT2D eigenvalue weighted by Crippen LogP contribution is 2.22. The molecule has 0 saturated carbocycles. The Morgan fingerprint density at radius 1 is 1.23 bits per heavy atom. The van der Waals surface area contributed by atoms with Crippen molar-refractivity contribution in [1.82, 2.24) is 25.4 Å². The number of pyridine rings is 1. The van der Waals surface area contributed by atoms with Gasteiger partial charge in [0.1, 0.15) is 5.82 Å². The largest absolute Gasteiger partial charge is 0.353 e. The second-order valence-corrected chi connectivity index (χ2v) is 7.72. The van der Waals surface area contributed by atoms with E-state index in [1.54, 1.807) is 12.3 Å². The van der Waals surface area contributed by atoms with E-state index in [-0.39, 0.29) is 11.9 Å². The summed E-state index contributed by atoms with van der Waals surface area (Å²) in [5.41, 5.74) is 4.95. The molecule has 1 unspecified atom stereocenters. The monoisotopic (exact) mass is 404 g/mol. The second kappa shape index (κ2) is 8.67. The van der Waals surface area contributed by atoms with E-state index in [0.717, 1.165) is 42.4 Å². The van der Waals surface area contributed by atoms with Crippen LogP contribution in [0.3, 0.4) is 0 Å². The molecule has 1 saturated heterocycles. The van der Waals surface area contributed by atoms with Crippen molar-refractivity contribution in [3.8, 4) is 0 Å². The van der Waals surface area contributed by atoms with E-state index >= 15 is 0 Å². The molecule has 3 aromatic rings. The third-order valence-corrected chi connectivity index (χ3v) is 5.79. The van der Waals surface area contributed by atoms with Crippen LogP contribution in [0, 0.1) is 13.8 Å². The Balaban J connectivity index is 1.45. The quantitative estimate of drug-likeness (QED) is 0.684. The molecule has 1 aromatic carbocycles. The van der Waals surface area contributed by atoms with E-state index in [9.17, 15) is 4.79 Å². The lowest BCUT2D eigenvalue weighted by Gasteiger charge is -2.34. The molecule has 3 heterocycles. The summed E-state index contributed by atoms with van der Waals surface area (Å²) in [6.45, 7) is 6.99. The standard InChI is InChI=1S/C23H28N6O/c1-16-20(17(2)28(3)27-16)14-26-23(30)19-9-10-25-22(13-19)29-12-11-24-21(15-29)18-7-5-4-6-8-18/h4-10,13,21,24H,11-12,14-15H2,1-3H3,(H,26,30). The molecule has 2 N–H and O–H groups in total. The molecule has 1 amide bonds. The normalized spacial score (nSPS) is 16.5. The van der Waals surface area contributed by atoms with Crippen LogP contribution in [0.5, 0.6) is 0 Å². The highest BCUT2D eigenvalue weighted by molar-refractivity contribution is 5.94. The molecule has 7 nitrogen and oxygen atoms in total. The van der Waals surface area contributed by atoms with Crippen LogP contribution < -0.4 is 15.5 Å². The first-order valence-corrected chi connectivity index (χ1v) is 10.3. The van der Waals surface area contributed by atoms with Gasteiger partial charge in [0.05, 0.1) is 5.69 Å². The first-order chi connectivity index (χ1) is 14.5. The van der Waals surface area contributed by atoms with Crippen LogP contribution in [0.2, 0.25) is 0 Å². The average molecular weight is 405 g/mol. The fourth-order valence-electron chi connectivity index (χ4n) is 3.94. The number of aromatic nitrogens is 3. The van der Waals surface area contributed by atoms with Gasteiger partial charge in [-0.05, 0) is 31.5 Å². The number of carbonyl (C=O) groups is 1. The minimum atomic E-state index is -0.101. The Labute approximate surface area is 177 Å². The number of rotatable bonds is 5. The van der Waals surface area contributed by atoms with Crippen LogP contribution in [-0.4, -0.2) is 40.3 Å². The highest BCUT2D eigenvalue weighted by atomic mass is 16.1. The molecule has 1 aliphatic rings. The molecule has 0 spiro atoms. The molecule has 156 valence electrons. The van der Waals surface area contributed by atoms with Crippen molar-refractivity contribution in [2.45, 2.75) is 26.4 Å². The first kappa shape index (κ1) is 20.1. The number of carbonyl (C=O) groups excluding carboxylic acids is 1. The number of hydrogen-bond donors (Lipinski definition) is 2. The molecule has 4 rings (SSSR count). The zero-order valence-corrected chi connectivity index (χ0v) is 17.7. The van der Waals surface area contributed by atoms with Crippen molar-refractivity contribution < 1.29 is 4.79 Å². The summed E-state index contributed by atoms with van der Waals surface area (Å²) in [4.78, 5) is 19.5. The van der Waals surface area contributed by atoms with Gasteiger partial charge in [-0.1, -0.05) is 30.3 Å². The lowest BCUT2D eigenvalue weighted by molar-refractivity contribution is 0.0950. The van der Waals surface area contributed by atoms with E-state index in [4.69, 9.17) is 0 Å². The van der Waals surface area contributed by atoms with Gasteiger partial charge in [-0.25, -0.2) is 4.98 Å². The average Bonchev–Trinajstić information content (AvgIpc) is 3.03. The van der Waals surface area contributed by atoms with E-state index in [2.05, 4.69) is 49.9 Å². The van der Waals surface area contributed by atoms with E-state index in [1.807, 2.05) is 37.7 Å². The summed E-state index contributed by atoms with van der Waals surface area (Å²) in [5.74, 6) is 0.731. The van der Waals surface area contributed by atoms with E-state index in [0.29, 0.717) is 12.1 Å². The Bertz CT molecular complexity index is 1030. The second-order valence-electron chi connectivity index (χ2n) is 7.72. The number of hydrogen-bond acceptors (Lipinski definition) is 5. The summed E-state index contributed by atoms with van der Waals surface area (Å²) in [6.07, 6.45) is 1.71. The smallest absolute Gasteiger partial charge is 0.251 e. The predicted octanol–water partition coefficient (Wildman–Crippen LogP) is 2.51. The topological polar surface area (TPSA) is 75.1 Å². The fourth-order valence-corrected chi connectivity index (χ4v) is 3.94. The first-order valence-electron chi connectivity index (χ1n) is 10.3. The molecule has 30 heavy (non-hydrogen) atoms. The van der Waals surface area contributed by atoms with Crippen molar-refractivity contribution in [3.05, 3.63) is 76.7 Å². The highest BCUT2D eigenvalue weighted by Gasteiger charge is 2.22. The molecular formula is C23H28N6O. The van der Waals surface area contributed by atoms with Crippen molar-refractivity contribution in [1.29, 1.82) is 0 Å². The zero-order chi connectivity index (χ0) is 21.1. The summed E-state index contributed by atoms with van der Waals surface area (Å²) < 4.78 is 1.84. The number of nitrogens with zero attached hydrogens (tertiary/aromatic N) is 4. The van der Waals surface area contributed by atoms with Gasteiger partial charge in [0.25, 0.3) is 5.91 Å². The summed E-state index contributed by atoms with van der Waals surface area (Å²) in [6, 6.07) is 14.3. The summed E-state index contributed by atoms with van der Waals surface area (Å²) in [5, 5.41) is 11.0. The van der Waals surface area contributed by atoms with Gasteiger partial charge in [-0.3, -0.25) is 9.48 Å². The molecule has 1 atom stereocenters. The SMILES string of the molecule is Cc1nn(C)c(C)c1CNC(=O)c1ccnc(N2CCNC(c3ccccc3)C2)c1. The molecule has 2 aromatic heterocycles. The third kappa shape index (κ3) is 4.21. The lowest BCUT2D eigenvalue weighted by atomic mass is 10.0. The molecule has 0 bridgehead atoms. The summed E-state index contributed by atoms with van der Waals surface area (Å²) in [7, 11) is 1.92. The maximum absolute atomic E-state index is 12.8. The zero-order valence-electron chi connectivity index (χ0n) is 17.7. The lowest BCUT2D eigenvalue weighted by Crippen LogP contribution is -2.46. The molecule has 1 aliphatic heterocycles. The van der Waals surface area contributed by atoms with E-state index in [1.165, 1.54) is 5.56 Å². The van der Waals surface area contributed by atoms with Crippen LogP contribution in [-0.2, 0) is 13.6 Å². The number of anilines is 1. The third-order valence-electron chi connectivity index (χ3n) is 5.79. The fraction of sp³-hybridized carbons (Fsp3) is 0.348. The van der Waals surface area contributed by atoms with Crippen molar-refractivity contribution in [2.24, 2.45) is 7.05 Å². The Hall–Kier alpha value is -3.19. The van der Waals surface area contributed by atoms with Gasteiger partial charge in [0, 0.05) is 62.3 Å². The number of aryl methyl sites for hydroxylation is 2. The van der Waals surface area contributed by atoms with Crippen molar-refractivity contribution in [2.75, 3.05) is 24.5 Å². The van der Waals surface area contributed by atoms with Crippen LogP contribution in [0.25, 0.3) is 0 Å². The number of amides is 1. The molecule has 1 fully saturated rings. The van der Waals surface area contributed by atoms with Crippen LogP contribution in [0.4, 0.5) is 5.82 Å². The van der Waals surface area contributed by atoms with E-state index < -0.39 is 0 Å². The van der Waals surface area contributed by atoms with Crippen LogP contribution >= 0.6 is 0 Å². The minimum absolute atomic E-state index is 0.101. The van der Waals surface area contributed by atoms with Crippen molar-refractivity contribution in [3.63, 3.8) is 0 Å². The molecule has 7 heteroatoms. The Kier molecular flexibility index (Phi) is 5.81. The maximum atomic E-state index is 12.8. The molecule has 0 aliphatic carbocycles. The van der Waals surface area contributed by atoms with Crippen molar-refractivity contribution >= 4 is 11.7 Å². The van der Waals surface area contributed by atoms with Crippen LogP contribution in [0.15, 0.2) is 48.7 Å². The molecular weight excluding hydrogens is 376 g/mol. The van der Waals surface area contributed by atoms with Gasteiger partial charge in [0.2, 0.25) is 0 Å². The van der Waals surface area contributed by atoms with Gasteiger partial charge in [0.15, 0.2) is 0 Å². The summed E-state index contributed by atoms with van der Waals surface area (Å²) >= 11 is 0. The Morgan fingerprint density at radius 3 is 2.77 bits per heavy atom. The molecule has 0 radical (unpaired) electrons. The Morgan fingerprint density at radius 2 is 2.03 bits per heavy atom. The number of nitrogens with one attached hydrogen (secondary N) is 2. The predicted molar refractivity (Wildman–Crippen MR) is 117 cm³/mol. The van der Waals surface area contributed by atoms with Crippen LogP contribution in [0.1, 0.15) is 38.9 Å². The van der Waals surface area contributed by atoms with Gasteiger partial charge < -0.3 is 15.5 Å². The minimum Gasteiger partial charge on any atom is -0.353 e. The van der Waals surface area contributed by atoms with Gasteiger partial charge >= 0.3 is 0 Å².